The minimum atomic E-state index is 0.381. The van der Waals surface area contributed by atoms with E-state index in [9.17, 15) is 0 Å². The number of allylic oxidation sites excluding steroid dienone is 2. The summed E-state index contributed by atoms with van der Waals surface area (Å²) < 4.78 is 11.8. The van der Waals surface area contributed by atoms with Crippen molar-refractivity contribution in [1.29, 1.82) is 0 Å². The lowest BCUT2D eigenvalue weighted by Gasteiger charge is -2.43. The highest BCUT2D eigenvalue weighted by Gasteiger charge is 2.42. The third kappa shape index (κ3) is 2.14. The SMILES string of the molecule is CC(C)=C[C@@H]1C[C@H](C)[C@H]2CC[C@H](C)c3c4c(c(C)c1c32)OCO4. The predicted octanol–water partition coefficient (Wildman–Crippen LogP) is 5.79. The summed E-state index contributed by atoms with van der Waals surface area (Å²) in [5.41, 5.74) is 7.37. The van der Waals surface area contributed by atoms with Gasteiger partial charge in [-0.15, -0.1) is 0 Å². The van der Waals surface area contributed by atoms with Gasteiger partial charge in [0.05, 0.1) is 0 Å². The Kier molecular flexibility index (Phi) is 3.48. The van der Waals surface area contributed by atoms with E-state index in [-0.39, 0.29) is 0 Å². The Morgan fingerprint density at radius 2 is 1.74 bits per heavy atom. The molecule has 2 heteroatoms. The standard InChI is InChI=1S/C21H28O2/c1-11(2)8-15-9-13(4)16-7-6-12(3)17-19(16)18(15)14(5)20-21(17)23-10-22-20/h8,12-13,15-16H,6-7,9-10H2,1-5H3/t12-,13-,15+,16+/m0/s1. The molecule has 0 radical (unpaired) electrons. The molecule has 4 atom stereocenters. The molecule has 1 aromatic rings. The van der Waals surface area contributed by atoms with E-state index < -0.39 is 0 Å². The van der Waals surface area contributed by atoms with Gasteiger partial charge < -0.3 is 9.47 Å². The maximum atomic E-state index is 5.93. The maximum Gasteiger partial charge on any atom is 0.231 e. The van der Waals surface area contributed by atoms with Crippen LogP contribution in [-0.2, 0) is 0 Å². The molecule has 1 heterocycles. The molecular weight excluding hydrogens is 284 g/mol. The van der Waals surface area contributed by atoms with Gasteiger partial charge in [0.2, 0.25) is 6.79 Å². The molecule has 1 aliphatic heterocycles. The van der Waals surface area contributed by atoms with E-state index in [0.29, 0.717) is 24.5 Å². The highest BCUT2D eigenvalue weighted by Crippen LogP contribution is 2.59. The Hall–Kier alpha value is -1.44. The quantitative estimate of drug-likeness (QED) is 0.611. The second-order valence-electron chi connectivity index (χ2n) is 8.08. The van der Waals surface area contributed by atoms with Gasteiger partial charge in [-0.05, 0) is 74.5 Å². The van der Waals surface area contributed by atoms with Crippen LogP contribution in [0.4, 0.5) is 0 Å². The van der Waals surface area contributed by atoms with Gasteiger partial charge in [0, 0.05) is 11.5 Å². The fourth-order valence-electron chi connectivity index (χ4n) is 5.24. The third-order valence-corrected chi connectivity index (χ3v) is 6.17. The normalized spacial score (nSPS) is 30.8. The summed E-state index contributed by atoms with van der Waals surface area (Å²) in [5.74, 6) is 4.63. The first-order valence-corrected chi connectivity index (χ1v) is 9.09. The van der Waals surface area contributed by atoms with E-state index in [1.54, 1.807) is 11.1 Å². The molecule has 23 heavy (non-hydrogen) atoms. The van der Waals surface area contributed by atoms with Crippen LogP contribution >= 0.6 is 0 Å². The second-order valence-corrected chi connectivity index (χ2v) is 8.08. The predicted molar refractivity (Wildman–Crippen MR) is 93.6 cm³/mol. The van der Waals surface area contributed by atoms with Crippen LogP contribution in [0.2, 0.25) is 0 Å². The van der Waals surface area contributed by atoms with Crippen LogP contribution in [0.1, 0.15) is 87.0 Å². The minimum Gasteiger partial charge on any atom is -0.453 e. The van der Waals surface area contributed by atoms with Crippen LogP contribution in [0.15, 0.2) is 11.6 Å². The van der Waals surface area contributed by atoms with Gasteiger partial charge in [-0.25, -0.2) is 0 Å². The van der Waals surface area contributed by atoms with Crippen molar-refractivity contribution in [2.24, 2.45) is 5.92 Å². The molecule has 2 aliphatic carbocycles. The summed E-state index contributed by atoms with van der Waals surface area (Å²) in [5, 5.41) is 0. The summed E-state index contributed by atoms with van der Waals surface area (Å²) >= 11 is 0. The molecule has 124 valence electrons. The van der Waals surface area contributed by atoms with Gasteiger partial charge in [0.15, 0.2) is 11.5 Å². The van der Waals surface area contributed by atoms with Crippen LogP contribution < -0.4 is 9.47 Å². The Balaban J connectivity index is 2.03. The van der Waals surface area contributed by atoms with Crippen LogP contribution in [-0.4, -0.2) is 6.79 Å². The van der Waals surface area contributed by atoms with Gasteiger partial charge in [-0.2, -0.15) is 0 Å². The van der Waals surface area contributed by atoms with Crippen molar-refractivity contribution in [3.63, 3.8) is 0 Å². The number of fused-ring (bicyclic) bond motifs is 2. The van der Waals surface area contributed by atoms with Gasteiger partial charge >= 0.3 is 0 Å². The molecule has 0 unspecified atom stereocenters. The fraction of sp³-hybridized carbons (Fsp3) is 0.619. The lowest BCUT2D eigenvalue weighted by Crippen LogP contribution is -2.28. The average Bonchev–Trinajstić information content (AvgIpc) is 2.95. The first-order valence-electron chi connectivity index (χ1n) is 9.09. The zero-order valence-corrected chi connectivity index (χ0v) is 15.0. The van der Waals surface area contributed by atoms with Crippen molar-refractivity contribution in [3.05, 3.63) is 33.9 Å². The molecule has 3 aliphatic rings. The summed E-state index contributed by atoms with van der Waals surface area (Å²) in [6.07, 6.45) is 6.32. The van der Waals surface area contributed by atoms with Crippen LogP contribution in [0.25, 0.3) is 0 Å². The third-order valence-electron chi connectivity index (χ3n) is 6.17. The van der Waals surface area contributed by atoms with Crippen molar-refractivity contribution in [3.8, 4) is 11.5 Å². The van der Waals surface area contributed by atoms with Crippen LogP contribution in [0, 0.1) is 12.8 Å². The molecule has 4 rings (SSSR count). The molecule has 2 nitrogen and oxygen atoms in total. The number of hydrogen-bond donors (Lipinski definition) is 0. The van der Waals surface area contributed by atoms with E-state index >= 15 is 0 Å². The van der Waals surface area contributed by atoms with E-state index in [4.69, 9.17) is 9.47 Å². The maximum absolute atomic E-state index is 5.93. The highest BCUT2D eigenvalue weighted by atomic mass is 16.7. The first-order chi connectivity index (χ1) is 11.0. The van der Waals surface area contributed by atoms with Crippen LogP contribution in [0.5, 0.6) is 11.5 Å². The summed E-state index contributed by atoms with van der Waals surface area (Å²) in [6.45, 7) is 11.9. The van der Waals surface area contributed by atoms with Crippen molar-refractivity contribution < 1.29 is 9.47 Å². The average molecular weight is 312 g/mol. The van der Waals surface area contributed by atoms with Crippen LogP contribution in [0.3, 0.4) is 0 Å². The zero-order valence-electron chi connectivity index (χ0n) is 15.0. The van der Waals surface area contributed by atoms with Gasteiger partial charge in [0.25, 0.3) is 0 Å². The Morgan fingerprint density at radius 1 is 1.00 bits per heavy atom. The Bertz CT molecular complexity index is 682. The van der Waals surface area contributed by atoms with Crippen molar-refractivity contribution in [2.45, 2.75) is 71.6 Å². The number of hydrogen-bond acceptors (Lipinski definition) is 2. The summed E-state index contributed by atoms with van der Waals surface area (Å²) in [7, 11) is 0. The number of benzene rings is 1. The fourth-order valence-corrected chi connectivity index (χ4v) is 5.24. The lowest BCUT2D eigenvalue weighted by atomic mass is 9.62. The topological polar surface area (TPSA) is 18.5 Å². The molecule has 0 aromatic heterocycles. The van der Waals surface area contributed by atoms with E-state index in [2.05, 4.69) is 40.7 Å². The van der Waals surface area contributed by atoms with E-state index in [0.717, 1.165) is 17.4 Å². The molecule has 0 spiro atoms. The monoisotopic (exact) mass is 312 g/mol. The van der Waals surface area contributed by atoms with E-state index in [1.807, 2.05) is 0 Å². The van der Waals surface area contributed by atoms with Crippen molar-refractivity contribution in [1.82, 2.24) is 0 Å². The van der Waals surface area contributed by atoms with Gasteiger partial charge in [-0.1, -0.05) is 25.5 Å². The molecule has 0 saturated heterocycles. The highest BCUT2D eigenvalue weighted by molar-refractivity contribution is 5.65. The molecule has 0 fully saturated rings. The molecule has 0 bridgehead atoms. The van der Waals surface area contributed by atoms with Gasteiger partial charge in [-0.3, -0.25) is 0 Å². The molecule has 0 amide bonds. The summed E-state index contributed by atoms with van der Waals surface area (Å²) in [6, 6.07) is 0. The Morgan fingerprint density at radius 3 is 2.48 bits per heavy atom. The zero-order chi connectivity index (χ0) is 16.3. The molecule has 1 aromatic carbocycles. The van der Waals surface area contributed by atoms with Crippen molar-refractivity contribution in [2.75, 3.05) is 6.79 Å². The Labute approximate surface area is 139 Å². The second kappa shape index (κ2) is 5.29. The summed E-state index contributed by atoms with van der Waals surface area (Å²) in [4.78, 5) is 0. The number of ether oxygens (including phenoxy) is 2. The van der Waals surface area contributed by atoms with Crippen molar-refractivity contribution >= 4 is 0 Å². The number of rotatable bonds is 1. The minimum absolute atomic E-state index is 0.381. The molecular formula is C21H28O2. The van der Waals surface area contributed by atoms with Gasteiger partial charge in [0.1, 0.15) is 0 Å². The van der Waals surface area contributed by atoms with E-state index in [1.165, 1.54) is 36.0 Å². The molecule has 0 saturated carbocycles. The molecule has 0 N–H and O–H groups in total. The largest absolute Gasteiger partial charge is 0.453 e. The lowest BCUT2D eigenvalue weighted by molar-refractivity contribution is 0.172. The smallest absolute Gasteiger partial charge is 0.231 e. The first kappa shape index (κ1) is 15.1.